The van der Waals surface area contributed by atoms with Crippen molar-refractivity contribution in [3.63, 3.8) is 0 Å². The second kappa shape index (κ2) is 9.77. The summed E-state index contributed by atoms with van der Waals surface area (Å²) in [7, 11) is 0. The van der Waals surface area contributed by atoms with E-state index in [-0.39, 0.29) is 12.5 Å². The maximum atomic E-state index is 12.0. The van der Waals surface area contributed by atoms with Gasteiger partial charge in [0.15, 0.2) is 0 Å². The number of hydrogen-bond acceptors (Lipinski definition) is 4. The number of fused-ring (bicyclic) bond motifs is 3. The van der Waals surface area contributed by atoms with Crippen molar-refractivity contribution in [3.8, 4) is 23.5 Å². The summed E-state index contributed by atoms with van der Waals surface area (Å²) < 4.78 is 15.9. The minimum absolute atomic E-state index is 0.0627. The molecule has 0 saturated heterocycles. The Bertz CT molecular complexity index is 766. The van der Waals surface area contributed by atoms with E-state index in [1.54, 1.807) is 0 Å². The highest BCUT2D eigenvalue weighted by atomic mass is 16.5. The Balaban J connectivity index is 1.43. The highest BCUT2D eigenvalue weighted by Gasteiger charge is 2.28. The summed E-state index contributed by atoms with van der Waals surface area (Å²) in [5.41, 5.74) is 4.81. The van der Waals surface area contributed by atoms with E-state index in [0.29, 0.717) is 33.0 Å². The molecule has 0 atom stereocenters. The van der Waals surface area contributed by atoms with Gasteiger partial charge in [-0.3, -0.25) is 0 Å². The molecule has 0 saturated carbocycles. The van der Waals surface area contributed by atoms with Crippen molar-refractivity contribution >= 4 is 6.09 Å². The number of amides is 1. The fourth-order valence-electron chi connectivity index (χ4n) is 3.23. The van der Waals surface area contributed by atoms with Crippen LogP contribution in [0.5, 0.6) is 0 Å². The van der Waals surface area contributed by atoms with Crippen molar-refractivity contribution in [2.75, 3.05) is 39.6 Å². The summed E-state index contributed by atoms with van der Waals surface area (Å²) in [4.78, 5) is 12.0. The van der Waals surface area contributed by atoms with Gasteiger partial charge in [0.05, 0.1) is 19.8 Å². The molecule has 140 valence electrons. The predicted molar refractivity (Wildman–Crippen MR) is 104 cm³/mol. The van der Waals surface area contributed by atoms with Gasteiger partial charge in [-0.15, -0.1) is 6.42 Å². The number of alkyl carbamates (subject to hydrolysis) is 1. The highest BCUT2D eigenvalue weighted by Crippen LogP contribution is 2.44. The first-order valence-electron chi connectivity index (χ1n) is 8.99. The number of carbonyl (C=O) groups excluding carboxylic acids is 1. The zero-order valence-corrected chi connectivity index (χ0v) is 15.1. The van der Waals surface area contributed by atoms with E-state index in [9.17, 15) is 4.79 Å². The van der Waals surface area contributed by atoms with Gasteiger partial charge in [0.25, 0.3) is 0 Å². The molecule has 0 spiro atoms. The fourth-order valence-corrected chi connectivity index (χ4v) is 3.23. The molecule has 0 unspecified atom stereocenters. The zero-order chi connectivity index (χ0) is 18.9. The first kappa shape index (κ1) is 19.0. The predicted octanol–water partition coefficient (Wildman–Crippen LogP) is 3.19. The van der Waals surface area contributed by atoms with E-state index in [1.807, 2.05) is 24.3 Å². The van der Waals surface area contributed by atoms with Crippen LogP contribution in [-0.4, -0.2) is 45.7 Å². The van der Waals surface area contributed by atoms with Gasteiger partial charge < -0.3 is 19.5 Å². The Kier molecular flexibility index (Phi) is 6.86. The van der Waals surface area contributed by atoms with Crippen LogP contribution in [0.2, 0.25) is 0 Å². The molecule has 0 bridgehead atoms. The molecule has 0 fully saturated rings. The summed E-state index contributed by atoms with van der Waals surface area (Å²) >= 11 is 0. The van der Waals surface area contributed by atoms with Crippen molar-refractivity contribution in [2.24, 2.45) is 0 Å². The molecule has 3 rings (SSSR count). The largest absolute Gasteiger partial charge is 0.449 e. The van der Waals surface area contributed by atoms with E-state index < -0.39 is 6.09 Å². The molecule has 1 amide bonds. The summed E-state index contributed by atoms with van der Waals surface area (Å²) in [6.07, 6.45) is 4.63. The molecule has 2 aromatic rings. The quantitative estimate of drug-likeness (QED) is 0.548. The minimum Gasteiger partial charge on any atom is -0.449 e. The summed E-state index contributed by atoms with van der Waals surface area (Å²) in [6.45, 7) is 2.24. The Morgan fingerprint density at radius 3 is 2.26 bits per heavy atom. The highest BCUT2D eigenvalue weighted by molar-refractivity contribution is 5.79. The average Bonchev–Trinajstić information content (AvgIpc) is 3.02. The van der Waals surface area contributed by atoms with E-state index in [0.717, 1.165) is 0 Å². The number of carbonyl (C=O) groups is 1. The van der Waals surface area contributed by atoms with Crippen LogP contribution in [0.25, 0.3) is 11.1 Å². The van der Waals surface area contributed by atoms with Crippen molar-refractivity contribution in [2.45, 2.75) is 5.92 Å². The molecule has 0 aromatic heterocycles. The Labute approximate surface area is 159 Å². The summed E-state index contributed by atoms with van der Waals surface area (Å²) in [6, 6.07) is 16.5. The smallest absolute Gasteiger partial charge is 0.407 e. The van der Waals surface area contributed by atoms with E-state index in [4.69, 9.17) is 20.6 Å². The van der Waals surface area contributed by atoms with Gasteiger partial charge in [-0.2, -0.15) is 0 Å². The molecule has 0 radical (unpaired) electrons. The molecular formula is C22H23NO4. The van der Waals surface area contributed by atoms with Gasteiger partial charge >= 0.3 is 6.09 Å². The minimum atomic E-state index is -0.441. The Hall–Kier alpha value is -2.81. The average molecular weight is 365 g/mol. The second-order valence-electron chi connectivity index (χ2n) is 6.12. The number of ether oxygens (including phenoxy) is 3. The molecule has 2 aromatic carbocycles. The number of terminal acetylenes is 1. The van der Waals surface area contributed by atoms with Crippen LogP contribution < -0.4 is 5.32 Å². The zero-order valence-electron chi connectivity index (χ0n) is 15.1. The second-order valence-corrected chi connectivity index (χ2v) is 6.12. The molecule has 5 nitrogen and oxygen atoms in total. The normalized spacial score (nSPS) is 12.1. The van der Waals surface area contributed by atoms with Gasteiger partial charge in [-0.25, -0.2) is 4.79 Å². The van der Waals surface area contributed by atoms with Gasteiger partial charge in [-0.05, 0) is 22.3 Å². The Morgan fingerprint density at radius 2 is 1.59 bits per heavy atom. The van der Waals surface area contributed by atoms with Gasteiger partial charge in [0, 0.05) is 12.5 Å². The lowest BCUT2D eigenvalue weighted by atomic mass is 9.98. The third-order valence-corrected chi connectivity index (χ3v) is 4.42. The SMILES string of the molecule is C#CCOCCOCCNC(=O)OCC1c2ccccc2-c2ccccc21. The van der Waals surface area contributed by atoms with Crippen LogP contribution >= 0.6 is 0 Å². The topological polar surface area (TPSA) is 56.8 Å². The molecule has 1 aliphatic rings. The molecule has 27 heavy (non-hydrogen) atoms. The monoisotopic (exact) mass is 365 g/mol. The summed E-state index contributed by atoms with van der Waals surface area (Å²) in [5.74, 6) is 2.45. The van der Waals surface area contributed by atoms with Crippen LogP contribution in [0.3, 0.4) is 0 Å². The van der Waals surface area contributed by atoms with Crippen LogP contribution in [0.1, 0.15) is 17.0 Å². The van der Waals surface area contributed by atoms with Crippen LogP contribution in [0, 0.1) is 12.3 Å². The number of rotatable bonds is 9. The molecule has 1 N–H and O–H groups in total. The molecule has 5 heteroatoms. The van der Waals surface area contributed by atoms with Crippen LogP contribution in [0.15, 0.2) is 48.5 Å². The number of nitrogens with one attached hydrogen (secondary N) is 1. The van der Waals surface area contributed by atoms with Crippen molar-refractivity contribution in [3.05, 3.63) is 59.7 Å². The molecule has 1 aliphatic carbocycles. The summed E-state index contributed by atoms with van der Waals surface area (Å²) in [5, 5.41) is 2.70. The fraction of sp³-hybridized carbons (Fsp3) is 0.318. The van der Waals surface area contributed by atoms with E-state index in [2.05, 4.69) is 35.5 Å². The lowest BCUT2D eigenvalue weighted by Gasteiger charge is -2.14. The maximum absolute atomic E-state index is 12.0. The van der Waals surface area contributed by atoms with Gasteiger partial charge in [0.1, 0.15) is 13.2 Å². The van der Waals surface area contributed by atoms with Crippen molar-refractivity contribution < 1.29 is 19.0 Å². The van der Waals surface area contributed by atoms with Crippen molar-refractivity contribution in [1.29, 1.82) is 0 Å². The lowest BCUT2D eigenvalue weighted by Crippen LogP contribution is -2.29. The van der Waals surface area contributed by atoms with E-state index >= 15 is 0 Å². The van der Waals surface area contributed by atoms with Gasteiger partial charge in [0.2, 0.25) is 0 Å². The number of hydrogen-bond donors (Lipinski definition) is 1. The molecular weight excluding hydrogens is 342 g/mol. The first-order chi connectivity index (χ1) is 13.3. The number of benzene rings is 2. The maximum Gasteiger partial charge on any atom is 0.407 e. The van der Waals surface area contributed by atoms with Gasteiger partial charge in [-0.1, -0.05) is 54.5 Å². The molecule has 0 heterocycles. The standard InChI is InChI=1S/C22H23NO4/c1-2-12-25-14-15-26-13-11-23-22(24)27-16-21-19-9-5-3-7-17(19)18-8-4-6-10-20(18)21/h1,3-10,21H,11-16H2,(H,23,24). The molecule has 0 aliphatic heterocycles. The first-order valence-corrected chi connectivity index (χ1v) is 8.99. The van der Waals surface area contributed by atoms with Crippen molar-refractivity contribution in [1.82, 2.24) is 5.32 Å². The Morgan fingerprint density at radius 1 is 0.963 bits per heavy atom. The third kappa shape index (κ3) is 4.88. The lowest BCUT2D eigenvalue weighted by molar-refractivity contribution is 0.0604. The van der Waals surface area contributed by atoms with Crippen LogP contribution in [0.4, 0.5) is 4.79 Å². The van der Waals surface area contributed by atoms with Crippen LogP contribution in [-0.2, 0) is 14.2 Å². The van der Waals surface area contributed by atoms with E-state index in [1.165, 1.54) is 22.3 Å². The third-order valence-electron chi connectivity index (χ3n) is 4.42.